The average Bonchev–Trinajstić information content (AvgIpc) is 3.30. The molecule has 0 saturated carbocycles. The Labute approximate surface area is 397 Å². The molecule has 0 saturated heterocycles. The van der Waals surface area contributed by atoms with Gasteiger partial charge in [-0.1, -0.05) is 194 Å². The van der Waals surface area contributed by atoms with Crippen molar-refractivity contribution in [2.24, 2.45) is 5.73 Å². The van der Waals surface area contributed by atoms with E-state index in [1.807, 2.05) is 0 Å². The average molecular weight is 926 g/mol. The van der Waals surface area contributed by atoms with Crippen molar-refractivity contribution < 1.29 is 37.6 Å². The number of ether oxygens (including phenoxy) is 2. The number of hydrogen-bond donors (Lipinski definition) is 2. The van der Waals surface area contributed by atoms with Crippen molar-refractivity contribution in [2.45, 2.75) is 200 Å². The summed E-state index contributed by atoms with van der Waals surface area (Å²) in [6.07, 6.45) is 66.9. The SMILES string of the molecule is CC/C=C\C/C=C\C/C=C\C/C=C\C/C=C\C/C=C\CCCCCCCCCCC(=O)OC(COC(=O)CCCCCCCCC/C=C\C/C=C\C/C=C\CC)COP(=O)(O)OCCN. The Balaban J connectivity index is 4.10. The fourth-order valence-corrected chi connectivity index (χ4v) is 7.24. The predicted molar refractivity (Wildman–Crippen MR) is 275 cm³/mol. The van der Waals surface area contributed by atoms with Gasteiger partial charge in [-0.3, -0.25) is 18.6 Å². The largest absolute Gasteiger partial charge is 0.472 e. The summed E-state index contributed by atoms with van der Waals surface area (Å²) in [7, 11) is -4.40. The zero-order valence-electron chi connectivity index (χ0n) is 40.9. The van der Waals surface area contributed by atoms with Gasteiger partial charge in [-0.15, -0.1) is 0 Å². The van der Waals surface area contributed by atoms with Crippen LogP contribution >= 0.6 is 7.82 Å². The first-order valence-electron chi connectivity index (χ1n) is 25.4. The maximum Gasteiger partial charge on any atom is 0.472 e. The van der Waals surface area contributed by atoms with E-state index in [0.717, 1.165) is 109 Å². The molecule has 0 amide bonds. The first-order chi connectivity index (χ1) is 31.8. The molecule has 0 rings (SSSR count). The Morgan fingerprint density at radius 1 is 0.462 bits per heavy atom. The van der Waals surface area contributed by atoms with Crippen LogP contribution in [0.2, 0.25) is 0 Å². The van der Waals surface area contributed by atoms with Crippen molar-refractivity contribution in [3.63, 3.8) is 0 Å². The van der Waals surface area contributed by atoms with E-state index in [-0.39, 0.29) is 32.6 Å². The van der Waals surface area contributed by atoms with E-state index in [2.05, 4.69) is 123 Å². The smallest absolute Gasteiger partial charge is 0.462 e. The molecule has 2 atom stereocenters. The number of nitrogens with two attached hydrogens (primary N) is 1. The van der Waals surface area contributed by atoms with Crippen LogP contribution in [0, 0.1) is 0 Å². The molecular weight excluding hydrogens is 834 g/mol. The molecule has 0 spiro atoms. The number of carbonyl (C=O) groups is 2. The fraction of sp³-hybridized carbons (Fsp3) is 0.636. The van der Waals surface area contributed by atoms with E-state index < -0.39 is 32.5 Å². The quantitative estimate of drug-likeness (QED) is 0.0265. The molecule has 0 aliphatic heterocycles. The van der Waals surface area contributed by atoms with E-state index >= 15 is 0 Å². The molecule has 0 fully saturated rings. The van der Waals surface area contributed by atoms with Crippen LogP contribution < -0.4 is 5.73 Å². The van der Waals surface area contributed by atoms with Gasteiger partial charge in [-0.2, -0.15) is 0 Å². The summed E-state index contributed by atoms with van der Waals surface area (Å²) in [6.45, 7) is 3.48. The van der Waals surface area contributed by atoms with E-state index in [1.54, 1.807) is 0 Å². The van der Waals surface area contributed by atoms with Crippen LogP contribution in [-0.2, 0) is 32.7 Å². The third kappa shape index (κ3) is 49.9. The van der Waals surface area contributed by atoms with Crippen LogP contribution in [-0.4, -0.2) is 49.3 Å². The van der Waals surface area contributed by atoms with Gasteiger partial charge in [0.05, 0.1) is 13.2 Å². The molecule has 9 nitrogen and oxygen atoms in total. The topological polar surface area (TPSA) is 134 Å². The van der Waals surface area contributed by atoms with Gasteiger partial charge in [0.1, 0.15) is 6.61 Å². The number of phosphoric acid groups is 1. The zero-order chi connectivity index (χ0) is 47.4. The Bertz CT molecular complexity index is 1430. The number of unbranched alkanes of at least 4 members (excludes halogenated alkanes) is 15. The molecule has 65 heavy (non-hydrogen) atoms. The fourth-order valence-electron chi connectivity index (χ4n) is 6.48. The van der Waals surface area contributed by atoms with Crippen molar-refractivity contribution >= 4 is 19.8 Å². The molecule has 0 aromatic heterocycles. The second kappa shape index (κ2) is 50.1. The summed E-state index contributed by atoms with van der Waals surface area (Å²) in [5, 5.41) is 0. The summed E-state index contributed by atoms with van der Waals surface area (Å²) in [4.78, 5) is 35.1. The zero-order valence-corrected chi connectivity index (χ0v) is 41.8. The van der Waals surface area contributed by atoms with Gasteiger partial charge in [0.25, 0.3) is 0 Å². The molecular formula is C55H92NO8P. The van der Waals surface area contributed by atoms with Crippen molar-refractivity contribution in [3.05, 3.63) is 109 Å². The summed E-state index contributed by atoms with van der Waals surface area (Å²) in [5.41, 5.74) is 5.36. The normalized spacial score (nSPS) is 14.1. The maximum atomic E-state index is 12.7. The first-order valence-corrected chi connectivity index (χ1v) is 26.9. The Hall–Kier alpha value is -3.33. The van der Waals surface area contributed by atoms with Gasteiger partial charge in [0.15, 0.2) is 6.10 Å². The van der Waals surface area contributed by atoms with Crippen LogP contribution in [0.1, 0.15) is 194 Å². The number of phosphoric ester groups is 1. The van der Waals surface area contributed by atoms with Crippen molar-refractivity contribution in [3.8, 4) is 0 Å². The molecule has 0 aromatic rings. The van der Waals surface area contributed by atoms with E-state index in [0.29, 0.717) is 12.8 Å². The van der Waals surface area contributed by atoms with Gasteiger partial charge in [-0.05, 0) is 96.3 Å². The summed E-state index contributed by atoms with van der Waals surface area (Å²) < 4.78 is 32.9. The third-order valence-corrected chi connectivity index (χ3v) is 11.1. The monoisotopic (exact) mass is 926 g/mol. The molecule has 0 aliphatic carbocycles. The highest BCUT2D eigenvalue weighted by Crippen LogP contribution is 2.43. The number of esters is 2. The van der Waals surface area contributed by atoms with Gasteiger partial charge < -0.3 is 20.1 Å². The first kappa shape index (κ1) is 61.7. The molecule has 2 unspecified atom stereocenters. The molecule has 370 valence electrons. The Morgan fingerprint density at radius 2 is 0.800 bits per heavy atom. The van der Waals surface area contributed by atoms with Gasteiger partial charge >= 0.3 is 19.8 Å². The van der Waals surface area contributed by atoms with E-state index in [1.165, 1.54) is 44.9 Å². The molecule has 3 N–H and O–H groups in total. The highest BCUT2D eigenvalue weighted by atomic mass is 31.2. The number of carbonyl (C=O) groups excluding carboxylic acids is 2. The second-order valence-electron chi connectivity index (χ2n) is 16.3. The van der Waals surface area contributed by atoms with Gasteiger partial charge in [0.2, 0.25) is 0 Å². The van der Waals surface area contributed by atoms with E-state index in [4.69, 9.17) is 24.3 Å². The maximum absolute atomic E-state index is 12.7. The summed E-state index contributed by atoms with van der Waals surface area (Å²) >= 11 is 0. The van der Waals surface area contributed by atoms with Crippen LogP contribution in [0.3, 0.4) is 0 Å². The molecule has 0 bridgehead atoms. The minimum absolute atomic E-state index is 0.0444. The predicted octanol–water partition coefficient (Wildman–Crippen LogP) is 15.5. The Kier molecular flexibility index (Phi) is 47.5. The lowest BCUT2D eigenvalue weighted by Gasteiger charge is -2.19. The molecule has 0 aromatic carbocycles. The van der Waals surface area contributed by atoms with Crippen LogP contribution in [0.5, 0.6) is 0 Å². The lowest BCUT2D eigenvalue weighted by atomic mass is 10.1. The molecule has 0 aliphatic rings. The summed E-state index contributed by atoms with van der Waals surface area (Å²) in [6, 6.07) is 0. The lowest BCUT2D eigenvalue weighted by Crippen LogP contribution is -2.29. The second-order valence-corrected chi connectivity index (χ2v) is 17.7. The molecule has 0 heterocycles. The number of hydrogen-bond acceptors (Lipinski definition) is 8. The lowest BCUT2D eigenvalue weighted by molar-refractivity contribution is -0.161. The minimum Gasteiger partial charge on any atom is -0.462 e. The standard InChI is InChI=1S/C55H92NO8P/c1-3-5-7-9-11-13-15-17-19-21-22-23-24-25-26-27-28-29-30-32-34-36-38-40-42-44-46-48-55(58)64-53(52-63-65(59,60)62-50-49-56)51-61-54(57)47-45-43-41-39-37-35-33-31-20-18-16-14-12-10-8-6-4-2/h5-8,11-14,17-20,22-23,25-26,28-29,53H,3-4,9-10,15-16,21,24,27,30-52,56H2,1-2H3,(H,59,60)/b7-5-,8-6-,13-11-,14-12-,19-17-,20-18-,23-22-,26-25-,29-28-. The van der Waals surface area contributed by atoms with Crippen LogP contribution in [0.15, 0.2) is 109 Å². The molecule has 10 heteroatoms. The summed E-state index contributed by atoms with van der Waals surface area (Å²) in [5.74, 6) is -0.857. The van der Waals surface area contributed by atoms with Crippen molar-refractivity contribution in [1.82, 2.24) is 0 Å². The van der Waals surface area contributed by atoms with Gasteiger partial charge in [0, 0.05) is 19.4 Å². The number of rotatable bonds is 46. The van der Waals surface area contributed by atoms with Crippen molar-refractivity contribution in [2.75, 3.05) is 26.4 Å². The van der Waals surface area contributed by atoms with Crippen LogP contribution in [0.25, 0.3) is 0 Å². The van der Waals surface area contributed by atoms with E-state index in [9.17, 15) is 19.0 Å². The molecule has 0 radical (unpaired) electrons. The van der Waals surface area contributed by atoms with Gasteiger partial charge in [-0.25, -0.2) is 4.57 Å². The third-order valence-electron chi connectivity index (χ3n) is 10.2. The highest BCUT2D eigenvalue weighted by molar-refractivity contribution is 7.47. The highest BCUT2D eigenvalue weighted by Gasteiger charge is 2.26. The van der Waals surface area contributed by atoms with Crippen molar-refractivity contribution in [1.29, 1.82) is 0 Å². The van der Waals surface area contributed by atoms with Crippen LogP contribution in [0.4, 0.5) is 0 Å². The minimum atomic E-state index is -4.40. The Morgan fingerprint density at radius 3 is 1.18 bits per heavy atom. The number of allylic oxidation sites excluding steroid dienone is 18.